The van der Waals surface area contributed by atoms with Gasteiger partial charge in [-0.15, -0.1) is 0 Å². The Morgan fingerprint density at radius 3 is 2.89 bits per heavy atom. The largest absolute Gasteiger partial charge is 0.465 e. The van der Waals surface area contributed by atoms with Crippen LogP contribution >= 0.6 is 0 Å². The first kappa shape index (κ1) is 12.3. The Bertz CT molecular complexity index is 528. The van der Waals surface area contributed by atoms with Crippen molar-refractivity contribution in [2.45, 2.75) is 26.2 Å². The van der Waals surface area contributed by atoms with Crippen molar-refractivity contribution < 1.29 is 18.5 Å². The summed E-state index contributed by atoms with van der Waals surface area (Å²) in [5.74, 6) is 0.601. The lowest BCUT2D eigenvalue weighted by molar-refractivity contribution is -0.149. The van der Waals surface area contributed by atoms with Gasteiger partial charge in [-0.3, -0.25) is 4.79 Å². The van der Waals surface area contributed by atoms with E-state index in [4.69, 9.17) is 13.7 Å². The van der Waals surface area contributed by atoms with Gasteiger partial charge in [-0.25, -0.2) is 0 Å². The zero-order chi connectivity index (χ0) is 13.2. The highest BCUT2D eigenvalue weighted by Crippen LogP contribution is 2.26. The molecule has 2 aromatic heterocycles. The molecule has 6 heteroatoms. The van der Waals surface area contributed by atoms with Crippen molar-refractivity contribution in [2.75, 3.05) is 6.61 Å². The Morgan fingerprint density at radius 1 is 1.50 bits per heavy atom. The first-order valence-electron chi connectivity index (χ1n) is 5.61. The van der Waals surface area contributed by atoms with Crippen molar-refractivity contribution in [1.82, 2.24) is 10.1 Å². The summed E-state index contributed by atoms with van der Waals surface area (Å²) in [6.07, 6.45) is 1.52. The van der Waals surface area contributed by atoms with Gasteiger partial charge in [0.15, 0.2) is 5.76 Å². The molecule has 0 bridgehead atoms. The normalized spacial score (nSPS) is 11.5. The molecule has 2 heterocycles. The van der Waals surface area contributed by atoms with Gasteiger partial charge in [0.1, 0.15) is 5.41 Å². The second-order valence-electron chi connectivity index (χ2n) is 4.25. The number of hydrogen-bond acceptors (Lipinski definition) is 6. The monoisotopic (exact) mass is 250 g/mol. The van der Waals surface area contributed by atoms with Crippen LogP contribution in [0.25, 0.3) is 11.6 Å². The number of nitrogens with zero attached hydrogens (tertiary/aromatic N) is 2. The van der Waals surface area contributed by atoms with Crippen LogP contribution < -0.4 is 0 Å². The number of aromatic nitrogens is 2. The minimum absolute atomic E-state index is 0.201. The molecule has 0 aromatic carbocycles. The van der Waals surface area contributed by atoms with E-state index in [1.165, 1.54) is 6.26 Å². The minimum atomic E-state index is -0.978. The molecule has 6 nitrogen and oxygen atoms in total. The van der Waals surface area contributed by atoms with Gasteiger partial charge in [0, 0.05) is 0 Å². The van der Waals surface area contributed by atoms with Gasteiger partial charge in [-0.1, -0.05) is 5.16 Å². The third-order valence-electron chi connectivity index (χ3n) is 2.49. The van der Waals surface area contributed by atoms with E-state index in [-0.39, 0.29) is 5.89 Å². The van der Waals surface area contributed by atoms with Crippen LogP contribution in [0.4, 0.5) is 0 Å². The van der Waals surface area contributed by atoms with Crippen LogP contribution in [-0.4, -0.2) is 22.7 Å². The molecular formula is C12H14N2O4. The summed E-state index contributed by atoms with van der Waals surface area (Å²) >= 11 is 0. The summed E-state index contributed by atoms with van der Waals surface area (Å²) < 4.78 is 15.2. The lowest BCUT2D eigenvalue weighted by atomic mass is 9.94. The van der Waals surface area contributed by atoms with Gasteiger partial charge in [0.05, 0.1) is 12.9 Å². The molecule has 0 N–H and O–H groups in total. The number of rotatable bonds is 4. The highest BCUT2D eigenvalue weighted by atomic mass is 16.5. The highest BCUT2D eigenvalue weighted by molar-refractivity contribution is 5.80. The first-order valence-corrected chi connectivity index (χ1v) is 5.61. The van der Waals surface area contributed by atoms with E-state index in [0.717, 1.165) is 0 Å². The summed E-state index contributed by atoms with van der Waals surface area (Å²) in [6, 6.07) is 3.44. The topological polar surface area (TPSA) is 78.4 Å². The summed E-state index contributed by atoms with van der Waals surface area (Å²) in [7, 11) is 0. The summed E-state index contributed by atoms with van der Waals surface area (Å²) in [6.45, 7) is 5.40. The van der Waals surface area contributed by atoms with Crippen molar-refractivity contribution >= 4 is 5.97 Å². The van der Waals surface area contributed by atoms with Crippen LogP contribution in [-0.2, 0) is 14.9 Å². The smallest absolute Gasteiger partial charge is 0.321 e. The van der Waals surface area contributed by atoms with Crippen molar-refractivity contribution in [3.63, 3.8) is 0 Å². The Kier molecular flexibility index (Phi) is 3.18. The van der Waals surface area contributed by atoms with Crippen LogP contribution in [0.1, 0.15) is 26.7 Å². The predicted octanol–water partition coefficient (Wildman–Crippen LogP) is 2.17. The molecular weight excluding hydrogens is 236 g/mol. The van der Waals surface area contributed by atoms with E-state index in [2.05, 4.69) is 10.1 Å². The van der Waals surface area contributed by atoms with Crippen molar-refractivity contribution in [2.24, 2.45) is 0 Å². The highest BCUT2D eigenvalue weighted by Gasteiger charge is 2.37. The standard InChI is InChI=1S/C12H14N2O4/c1-4-16-11(15)12(2,3)10-13-9(14-18-10)8-6-5-7-17-8/h5-7H,4H2,1-3H3. The SMILES string of the molecule is CCOC(=O)C(C)(C)c1nc(-c2ccco2)no1. The molecule has 0 aliphatic rings. The lowest BCUT2D eigenvalue weighted by Crippen LogP contribution is -2.31. The quantitative estimate of drug-likeness (QED) is 0.774. The summed E-state index contributed by atoms with van der Waals surface area (Å²) in [4.78, 5) is 15.9. The molecule has 0 fully saturated rings. The van der Waals surface area contributed by atoms with Crippen LogP contribution in [0, 0.1) is 0 Å². The maximum Gasteiger partial charge on any atom is 0.321 e. The summed E-state index contributed by atoms with van der Waals surface area (Å²) in [5.41, 5.74) is -0.978. The molecule has 2 aromatic rings. The fourth-order valence-electron chi connectivity index (χ4n) is 1.38. The molecule has 0 aliphatic carbocycles. The number of carbonyl (C=O) groups is 1. The molecule has 2 rings (SSSR count). The van der Waals surface area contributed by atoms with E-state index in [1.807, 2.05) is 0 Å². The van der Waals surface area contributed by atoms with Gasteiger partial charge in [0.2, 0.25) is 11.7 Å². The molecule has 0 unspecified atom stereocenters. The van der Waals surface area contributed by atoms with Crippen LogP contribution in [0.3, 0.4) is 0 Å². The van der Waals surface area contributed by atoms with Crippen molar-refractivity contribution in [3.05, 3.63) is 24.3 Å². The third kappa shape index (κ3) is 2.13. The van der Waals surface area contributed by atoms with E-state index in [9.17, 15) is 4.79 Å². The average Bonchev–Trinajstić information content (AvgIpc) is 3.00. The fourth-order valence-corrected chi connectivity index (χ4v) is 1.38. The van der Waals surface area contributed by atoms with E-state index in [0.29, 0.717) is 18.2 Å². The summed E-state index contributed by atoms with van der Waals surface area (Å²) in [5, 5.41) is 3.78. The zero-order valence-corrected chi connectivity index (χ0v) is 10.5. The molecule has 0 radical (unpaired) electrons. The second-order valence-corrected chi connectivity index (χ2v) is 4.25. The molecule has 0 saturated carbocycles. The molecule has 0 aliphatic heterocycles. The Hall–Kier alpha value is -2.11. The maximum absolute atomic E-state index is 11.8. The Morgan fingerprint density at radius 2 is 2.28 bits per heavy atom. The lowest BCUT2D eigenvalue weighted by Gasteiger charge is -2.16. The van der Waals surface area contributed by atoms with E-state index < -0.39 is 11.4 Å². The van der Waals surface area contributed by atoms with Crippen LogP contribution in [0.15, 0.2) is 27.3 Å². The Balaban J connectivity index is 2.27. The van der Waals surface area contributed by atoms with Crippen molar-refractivity contribution in [1.29, 1.82) is 0 Å². The molecule has 18 heavy (non-hydrogen) atoms. The number of hydrogen-bond donors (Lipinski definition) is 0. The van der Waals surface area contributed by atoms with Gasteiger partial charge < -0.3 is 13.7 Å². The van der Waals surface area contributed by atoms with Gasteiger partial charge in [-0.05, 0) is 32.9 Å². The molecule has 96 valence electrons. The number of carbonyl (C=O) groups excluding carboxylic acids is 1. The zero-order valence-electron chi connectivity index (χ0n) is 10.5. The van der Waals surface area contributed by atoms with E-state index in [1.54, 1.807) is 32.9 Å². The van der Waals surface area contributed by atoms with Crippen LogP contribution in [0.5, 0.6) is 0 Å². The first-order chi connectivity index (χ1) is 8.55. The van der Waals surface area contributed by atoms with E-state index >= 15 is 0 Å². The minimum Gasteiger partial charge on any atom is -0.465 e. The fraction of sp³-hybridized carbons (Fsp3) is 0.417. The maximum atomic E-state index is 11.8. The van der Waals surface area contributed by atoms with Gasteiger partial charge in [0.25, 0.3) is 0 Å². The predicted molar refractivity (Wildman–Crippen MR) is 61.7 cm³/mol. The molecule has 0 spiro atoms. The number of esters is 1. The van der Waals surface area contributed by atoms with Gasteiger partial charge >= 0.3 is 5.97 Å². The Labute approximate surface area is 104 Å². The average molecular weight is 250 g/mol. The van der Waals surface area contributed by atoms with Crippen molar-refractivity contribution in [3.8, 4) is 11.6 Å². The third-order valence-corrected chi connectivity index (χ3v) is 2.49. The molecule has 0 saturated heterocycles. The molecule has 0 amide bonds. The van der Waals surface area contributed by atoms with Crippen LogP contribution in [0.2, 0.25) is 0 Å². The number of ether oxygens (including phenoxy) is 1. The molecule has 0 atom stereocenters. The van der Waals surface area contributed by atoms with Gasteiger partial charge in [-0.2, -0.15) is 4.98 Å². The second kappa shape index (κ2) is 4.64. The number of furan rings is 1.